The lowest BCUT2D eigenvalue weighted by Crippen LogP contribution is -2.44. The molecule has 1 atom stereocenters. The van der Waals surface area contributed by atoms with E-state index in [1.165, 1.54) is 11.3 Å². The number of nitrogens with zero attached hydrogens (tertiary/aromatic N) is 1. The summed E-state index contributed by atoms with van der Waals surface area (Å²) in [7, 11) is 0. The average molecular weight is 293 g/mol. The molecule has 1 saturated heterocycles. The molecule has 0 aliphatic carbocycles. The number of morpholine rings is 1. The van der Waals surface area contributed by atoms with Gasteiger partial charge in [-0.3, -0.25) is 4.79 Å². The fourth-order valence-corrected chi connectivity index (χ4v) is 3.08. The van der Waals surface area contributed by atoms with E-state index >= 15 is 0 Å². The quantitative estimate of drug-likeness (QED) is 0.844. The Labute approximate surface area is 123 Å². The van der Waals surface area contributed by atoms with Crippen LogP contribution in [0.5, 0.6) is 0 Å². The summed E-state index contributed by atoms with van der Waals surface area (Å²) in [6.07, 6.45) is 0.555. The van der Waals surface area contributed by atoms with Gasteiger partial charge in [0, 0.05) is 19.5 Å². The number of ether oxygens (including phenoxy) is 1. The average Bonchev–Trinajstić information content (AvgIpc) is 2.80. The standard InChI is InChI=1S/C15H19NO3S/c1-11-9-14(20-13(11)5-3-4-7-17)15(18)16-6-8-19-12(2)10-16/h9,12,17H,4,6-8,10H2,1-2H3. The molecule has 1 amide bonds. The molecule has 1 aromatic rings. The largest absolute Gasteiger partial charge is 0.395 e. The fourth-order valence-electron chi connectivity index (χ4n) is 2.07. The zero-order chi connectivity index (χ0) is 14.5. The fraction of sp³-hybridized carbons (Fsp3) is 0.533. The lowest BCUT2D eigenvalue weighted by atomic mass is 10.2. The highest BCUT2D eigenvalue weighted by Crippen LogP contribution is 2.23. The first kappa shape index (κ1) is 15.0. The van der Waals surface area contributed by atoms with E-state index in [-0.39, 0.29) is 18.6 Å². The first-order valence-electron chi connectivity index (χ1n) is 6.73. The van der Waals surface area contributed by atoms with Gasteiger partial charge in [-0.1, -0.05) is 11.8 Å². The summed E-state index contributed by atoms with van der Waals surface area (Å²) in [5, 5.41) is 8.73. The molecule has 1 N–H and O–H groups in total. The van der Waals surface area contributed by atoms with Crippen molar-refractivity contribution in [2.75, 3.05) is 26.3 Å². The highest BCUT2D eigenvalue weighted by Gasteiger charge is 2.24. The van der Waals surface area contributed by atoms with E-state index in [1.54, 1.807) is 0 Å². The summed E-state index contributed by atoms with van der Waals surface area (Å²) in [6.45, 7) is 5.88. The summed E-state index contributed by atoms with van der Waals surface area (Å²) >= 11 is 1.43. The molecule has 1 unspecified atom stereocenters. The Kier molecular flexibility index (Phi) is 5.18. The zero-order valence-electron chi connectivity index (χ0n) is 11.8. The lowest BCUT2D eigenvalue weighted by molar-refractivity contribution is -0.0122. The van der Waals surface area contributed by atoms with Gasteiger partial charge < -0.3 is 14.7 Å². The van der Waals surface area contributed by atoms with Crippen molar-refractivity contribution in [1.82, 2.24) is 4.90 Å². The number of rotatable bonds is 2. The number of amides is 1. The maximum Gasteiger partial charge on any atom is 0.264 e. The zero-order valence-corrected chi connectivity index (χ0v) is 12.6. The van der Waals surface area contributed by atoms with Crippen LogP contribution >= 0.6 is 11.3 Å². The summed E-state index contributed by atoms with van der Waals surface area (Å²) in [6, 6.07) is 1.90. The first-order valence-corrected chi connectivity index (χ1v) is 7.54. The Morgan fingerprint density at radius 1 is 1.65 bits per heavy atom. The molecule has 0 aromatic carbocycles. The van der Waals surface area contributed by atoms with Gasteiger partial charge in [0.05, 0.1) is 29.1 Å². The van der Waals surface area contributed by atoms with Gasteiger partial charge in [-0.25, -0.2) is 0 Å². The third-order valence-electron chi connectivity index (χ3n) is 3.10. The van der Waals surface area contributed by atoms with Gasteiger partial charge in [0.15, 0.2) is 0 Å². The SMILES string of the molecule is Cc1cc(C(=O)N2CCOC(C)C2)sc1C#CCCO. The van der Waals surface area contributed by atoms with E-state index in [9.17, 15) is 4.79 Å². The van der Waals surface area contributed by atoms with E-state index in [4.69, 9.17) is 9.84 Å². The number of carbonyl (C=O) groups is 1. The number of hydrogen-bond acceptors (Lipinski definition) is 4. The van der Waals surface area contributed by atoms with Crippen LogP contribution in [0.1, 0.15) is 33.5 Å². The predicted molar refractivity (Wildman–Crippen MR) is 79.0 cm³/mol. The van der Waals surface area contributed by atoms with E-state index < -0.39 is 0 Å². The van der Waals surface area contributed by atoms with Crippen LogP contribution in [0.3, 0.4) is 0 Å². The van der Waals surface area contributed by atoms with Crippen molar-refractivity contribution in [1.29, 1.82) is 0 Å². The van der Waals surface area contributed by atoms with Crippen molar-refractivity contribution >= 4 is 17.2 Å². The highest BCUT2D eigenvalue weighted by molar-refractivity contribution is 7.14. The maximum atomic E-state index is 12.4. The van der Waals surface area contributed by atoms with Gasteiger partial charge in [0.2, 0.25) is 0 Å². The smallest absolute Gasteiger partial charge is 0.264 e. The number of thiophene rings is 1. The molecule has 2 heterocycles. The molecule has 1 aliphatic rings. The third kappa shape index (κ3) is 3.60. The normalized spacial score (nSPS) is 18.6. The Balaban J connectivity index is 2.11. The minimum Gasteiger partial charge on any atom is -0.395 e. The van der Waals surface area contributed by atoms with Crippen molar-refractivity contribution in [2.45, 2.75) is 26.4 Å². The Morgan fingerprint density at radius 3 is 3.15 bits per heavy atom. The van der Waals surface area contributed by atoms with Crippen LogP contribution in [-0.4, -0.2) is 48.3 Å². The Morgan fingerprint density at radius 2 is 2.45 bits per heavy atom. The van der Waals surface area contributed by atoms with Gasteiger partial charge >= 0.3 is 0 Å². The van der Waals surface area contributed by atoms with Crippen molar-refractivity contribution < 1.29 is 14.6 Å². The molecule has 4 nitrogen and oxygen atoms in total. The minimum absolute atomic E-state index is 0.0588. The number of aliphatic hydroxyl groups excluding tert-OH is 1. The van der Waals surface area contributed by atoms with Crippen LogP contribution in [0.15, 0.2) is 6.07 Å². The predicted octanol–water partition coefficient (Wildman–Crippen LogP) is 1.65. The monoisotopic (exact) mass is 293 g/mol. The summed E-state index contributed by atoms with van der Waals surface area (Å²) in [5.74, 6) is 5.97. The highest BCUT2D eigenvalue weighted by atomic mass is 32.1. The van der Waals surface area contributed by atoms with E-state index in [0.29, 0.717) is 26.1 Å². The van der Waals surface area contributed by atoms with Gasteiger partial charge in [0.25, 0.3) is 5.91 Å². The van der Waals surface area contributed by atoms with Crippen LogP contribution in [0, 0.1) is 18.8 Å². The molecule has 1 aliphatic heterocycles. The van der Waals surface area contributed by atoms with Crippen LogP contribution in [-0.2, 0) is 4.74 Å². The second kappa shape index (κ2) is 6.89. The molecule has 0 spiro atoms. The van der Waals surface area contributed by atoms with Crippen molar-refractivity contribution in [2.24, 2.45) is 0 Å². The van der Waals surface area contributed by atoms with Crippen LogP contribution in [0.4, 0.5) is 0 Å². The van der Waals surface area contributed by atoms with E-state index in [1.807, 2.05) is 24.8 Å². The van der Waals surface area contributed by atoms with Crippen molar-refractivity contribution in [3.8, 4) is 11.8 Å². The number of carbonyl (C=O) groups excluding carboxylic acids is 1. The third-order valence-corrected chi connectivity index (χ3v) is 4.24. The first-order chi connectivity index (χ1) is 9.61. The Bertz CT molecular complexity index is 541. The molecule has 0 saturated carbocycles. The number of aliphatic hydroxyl groups is 1. The second-order valence-electron chi connectivity index (χ2n) is 4.83. The number of aryl methyl sites for hydroxylation is 1. The van der Waals surface area contributed by atoms with Crippen LogP contribution < -0.4 is 0 Å². The maximum absolute atomic E-state index is 12.4. The summed E-state index contributed by atoms with van der Waals surface area (Å²) in [5.41, 5.74) is 1.02. The lowest BCUT2D eigenvalue weighted by Gasteiger charge is -2.30. The number of hydrogen-bond donors (Lipinski definition) is 1. The molecule has 20 heavy (non-hydrogen) atoms. The molecule has 0 radical (unpaired) electrons. The Hall–Kier alpha value is -1.35. The summed E-state index contributed by atoms with van der Waals surface area (Å²) in [4.78, 5) is 15.9. The van der Waals surface area contributed by atoms with Gasteiger partial charge in [0.1, 0.15) is 0 Å². The van der Waals surface area contributed by atoms with E-state index in [0.717, 1.165) is 15.3 Å². The van der Waals surface area contributed by atoms with Gasteiger partial charge in [-0.2, -0.15) is 0 Å². The second-order valence-corrected chi connectivity index (χ2v) is 5.88. The summed E-state index contributed by atoms with van der Waals surface area (Å²) < 4.78 is 5.45. The molecule has 0 bridgehead atoms. The van der Waals surface area contributed by atoms with Gasteiger partial charge in [-0.05, 0) is 25.5 Å². The molecule has 1 fully saturated rings. The van der Waals surface area contributed by atoms with Crippen LogP contribution in [0.25, 0.3) is 0 Å². The molecule has 1 aromatic heterocycles. The van der Waals surface area contributed by atoms with Crippen molar-refractivity contribution in [3.05, 3.63) is 21.4 Å². The molecular weight excluding hydrogens is 274 g/mol. The topological polar surface area (TPSA) is 49.8 Å². The molecule has 108 valence electrons. The minimum atomic E-state index is 0.0588. The van der Waals surface area contributed by atoms with Gasteiger partial charge in [-0.15, -0.1) is 11.3 Å². The molecule has 2 rings (SSSR count). The van der Waals surface area contributed by atoms with Crippen molar-refractivity contribution in [3.63, 3.8) is 0 Å². The molecular formula is C15H19NO3S. The van der Waals surface area contributed by atoms with E-state index in [2.05, 4.69) is 11.8 Å². The molecule has 5 heteroatoms. The van der Waals surface area contributed by atoms with Crippen LogP contribution in [0.2, 0.25) is 0 Å².